The predicted octanol–water partition coefficient (Wildman–Crippen LogP) is 2.38. The van der Waals surface area contributed by atoms with Crippen LogP contribution >= 0.6 is 28.1 Å². The van der Waals surface area contributed by atoms with Crippen molar-refractivity contribution < 1.29 is 4.79 Å². The van der Waals surface area contributed by atoms with Crippen molar-refractivity contribution in [1.29, 1.82) is 0 Å². The average molecular weight is 329 g/mol. The molecule has 96 valence electrons. The Kier molecular flexibility index (Phi) is 4.13. The van der Waals surface area contributed by atoms with E-state index in [9.17, 15) is 4.79 Å². The standard InChI is InChI=1S/C11H13BrN4OS/c1-2-3-13-9(17)6-16-10-8(15-11(16)18)4-7(12)5-14-10/h4-5H,2-3,6H2,1H3,(H,13,17)(H,15,18). The molecule has 0 aliphatic carbocycles. The summed E-state index contributed by atoms with van der Waals surface area (Å²) in [5.41, 5.74) is 1.51. The molecule has 2 rings (SSSR count). The fourth-order valence-electron chi connectivity index (χ4n) is 1.63. The molecule has 0 aliphatic heterocycles. The number of aromatic nitrogens is 3. The van der Waals surface area contributed by atoms with Crippen LogP contribution in [0, 0.1) is 4.77 Å². The Morgan fingerprint density at radius 2 is 2.44 bits per heavy atom. The van der Waals surface area contributed by atoms with Gasteiger partial charge in [-0.15, -0.1) is 0 Å². The largest absolute Gasteiger partial charge is 0.355 e. The van der Waals surface area contributed by atoms with Crippen LogP contribution in [0.4, 0.5) is 0 Å². The summed E-state index contributed by atoms with van der Waals surface area (Å²) in [6, 6.07) is 1.89. The minimum absolute atomic E-state index is 0.0569. The molecule has 0 saturated heterocycles. The third-order valence-electron chi connectivity index (χ3n) is 2.45. The topological polar surface area (TPSA) is 62.7 Å². The van der Waals surface area contributed by atoms with Gasteiger partial charge in [0.25, 0.3) is 0 Å². The van der Waals surface area contributed by atoms with E-state index in [2.05, 4.69) is 31.2 Å². The maximum atomic E-state index is 11.7. The molecule has 0 bridgehead atoms. The number of nitrogens with one attached hydrogen (secondary N) is 2. The van der Waals surface area contributed by atoms with E-state index in [-0.39, 0.29) is 12.5 Å². The molecule has 2 heterocycles. The number of carbonyl (C=O) groups is 1. The van der Waals surface area contributed by atoms with Crippen LogP contribution in [0.25, 0.3) is 11.2 Å². The number of carbonyl (C=O) groups excluding carboxylic acids is 1. The van der Waals surface area contributed by atoms with E-state index in [0.29, 0.717) is 17.0 Å². The maximum absolute atomic E-state index is 11.7. The van der Waals surface area contributed by atoms with E-state index < -0.39 is 0 Å². The van der Waals surface area contributed by atoms with Gasteiger partial charge in [0.15, 0.2) is 10.4 Å². The van der Waals surface area contributed by atoms with Crippen LogP contribution in [0.5, 0.6) is 0 Å². The Bertz CT molecular complexity index is 633. The van der Waals surface area contributed by atoms with Gasteiger partial charge < -0.3 is 10.3 Å². The molecule has 1 amide bonds. The Hall–Kier alpha value is -1.21. The Labute approximate surface area is 118 Å². The van der Waals surface area contributed by atoms with Crippen molar-refractivity contribution in [2.24, 2.45) is 0 Å². The molecular formula is C11H13BrN4OS. The van der Waals surface area contributed by atoms with Crippen LogP contribution in [-0.2, 0) is 11.3 Å². The van der Waals surface area contributed by atoms with E-state index in [4.69, 9.17) is 12.2 Å². The van der Waals surface area contributed by atoms with Gasteiger partial charge in [0.2, 0.25) is 5.91 Å². The summed E-state index contributed by atoms with van der Waals surface area (Å²) in [5, 5.41) is 2.82. The summed E-state index contributed by atoms with van der Waals surface area (Å²) < 4.78 is 3.07. The third kappa shape index (κ3) is 2.78. The number of H-pyrrole nitrogens is 1. The van der Waals surface area contributed by atoms with Crippen molar-refractivity contribution in [3.05, 3.63) is 21.5 Å². The summed E-state index contributed by atoms with van der Waals surface area (Å²) in [6.07, 6.45) is 2.60. The molecular weight excluding hydrogens is 316 g/mol. The number of nitrogens with zero attached hydrogens (tertiary/aromatic N) is 2. The normalized spacial score (nSPS) is 10.8. The van der Waals surface area contributed by atoms with Crippen molar-refractivity contribution >= 4 is 45.2 Å². The van der Waals surface area contributed by atoms with Crippen LogP contribution in [0.15, 0.2) is 16.7 Å². The highest BCUT2D eigenvalue weighted by Gasteiger charge is 2.09. The van der Waals surface area contributed by atoms with E-state index >= 15 is 0 Å². The number of aromatic amines is 1. The highest BCUT2D eigenvalue weighted by atomic mass is 79.9. The van der Waals surface area contributed by atoms with E-state index in [0.717, 1.165) is 16.4 Å². The zero-order valence-corrected chi connectivity index (χ0v) is 12.3. The molecule has 0 atom stereocenters. The molecule has 5 nitrogen and oxygen atoms in total. The quantitative estimate of drug-likeness (QED) is 0.847. The molecule has 7 heteroatoms. The van der Waals surface area contributed by atoms with Gasteiger partial charge in [0.05, 0.1) is 5.52 Å². The van der Waals surface area contributed by atoms with E-state index in [1.807, 2.05) is 13.0 Å². The second-order valence-electron chi connectivity index (χ2n) is 3.89. The van der Waals surface area contributed by atoms with Gasteiger partial charge in [-0.2, -0.15) is 0 Å². The van der Waals surface area contributed by atoms with E-state index in [1.54, 1.807) is 10.8 Å². The molecule has 0 fully saturated rings. The van der Waals surface area contributed by atoms with Crippen LogP contribution in [-0.4, -0.2) is 27.0 Å². The van der Waals surface area contributed by atoms with E-state index in [1.165, 1.54) is 0 Å². The molecule has 2 N–H and O–H groups in total. The molecule has 2 aromatic heterocycles. The fraction of sp³-hybridized carbons (Fsp3) is 0.364. The third-order valence-corrected chi connectivity index (χ3v) is 3.21. The number of rotatable bonds is 4. The lowest BCUT2D eigenvalue weighted by molar-refractivity contribution is -0.121. The van der Waals surface area contributed by atoms with Crippen LogP contribution < -0.4 is 5.32 Å². The number of halogens is 1. The Morgan fingerprint density at radius 3 is 3.17 bits per heavy atom. The van der Waals surface area contributed by atoms with Crippen LogP contribution in [0.1, 0.15) is 13.3 Å². The van der Waals surface area contributed by atoms with Crippen molar-refractivity contribution in [3.8, 4) is 0 Å². The number of fused-ring (bicyclic) bond motifs is 1. The summed E-state index contributed by atoms with van der Waals surface area (Å²) >= 11 is 8.55. The highest BCUT2D eigenvalue weighted by Crippen LogP contribution is 2.16. The van der Waals surface area contributed by atoms with Crippen molar-refractivity contribution in [2.75, 3.05) is 6.54 Å². The molecule has 2 aromatic rings. The molecule has 0 saturated carbocycles. The molecule has 18 heavy (non-hydrogen) atoms. The number of amides is 1. The highest BCUT2D eigenvalue weighted by molar-refractivity contribution is 9.10. The number of hydrogen-bond donors (Lipinski definition) is 2. The van der Waals surface area contributed by atoms with Crippen molar-refractivity contribution in [2.45, 2.75) is 19.9 Å². The summed E-state index contributed by atoms with van der Waals surface area (Å²) in [5.74, 6) is -0.0569. The van der Waals surface area contributed by atoms with Crippen LogP contribution in [0.3, 0.4) is 0 Å². The summed E-state index contributed by atoms with van der Waals surface area (Å²) in [4.78, 5) is 19.0. The smallest absolute Gasteiger partial charge is 0.240 e. The fourth-order valence-corrected chi connectivity index (χ4v) is 2.22. The SMILES string of the molecule is CCCNC(=O)Cn1c(=S)[nH]c2cc(Br)cnc21. The van der Waals surface area contributed by atoms with Gasteiger partial charge in [-0.25, -0.2) is 4.98 Å². The predicted molar refractivity (Wildman–Crippen MR) is 75.9 cm³/mol. The molecule has 0 aromatic carbocycles. The van der Waals surface area contributed by atoms with Crippen molar-refractivity contribution in [3.63, 3.8) is 0 Å². The lowest BCUT2D eigenvalue weighted by Crippen LogP contribution is -2.28. The Morgan fingerprint density at radius 1 is 1.67 bits per heavy atom. The number of imidazole rings is 1. The second kappa shape index (κ2) is 5.62. The first-order chi connectivity index (χ1) is 8.61. The lowest BCUT2D eigenvalue weighted by Gasteiger charge is -2.05. The minimum atomic E-state index is -0.0569. The molecule has 0 spiro atoms. The monoisotopic (exact) mass is 328 g/mol. The molecule has 0 aliphatic rings. The van der Waals surface area contributed by atoms with Crippen LogP contribution in [0.2, 0.25) is 0 Å². The van der Waals surface area contributed by atoms with Gasteiger partial charge >= 0.3 is 0 Å². The summed E-state index contributed by atoms with van der Waals surface area (Å²) in [6.45, 7) is 2.87. The summed E-state index contributed by atoms with van der Waals surface area (Å²) in [7, 11) is 0. The van der Waals surface area contributed by atoms with Crippen molar-refractivity contribution in [1.82, 2.24) is 19.9 Å². The lowest BCUT2D eigenvalue weighted by atomic mass is 10.4. The van der Waals surface area contributed by atoms with Gasteiger partial charge in [0, 0.05) is 17.2 Å². The zero-order valence-electron chi connectivity index (χ0n) is 9.86. The Balaban J connectivity index is 2.30. The zero-order chi connectivity index (χ0) is 13.1. The minimum Gasteiger partial charge on any atom is -0.355 e. The first kappa shape index (κ1) is 13.2. The van der Waals surface area contributed by atoms with Gasteiger partial charge in [-0.1, -0.05) is 6.92 Å². The first-order valence-corrected chi connectivity index (χ1v) is 6.82. The first-order valence-electron chi connectivity index (χ1n) is 5.62. The molecule has 0 unspecified atom stereocenters. The molecule has 0 radical (unpaired) electrons. The second-order valence-corrected chi connectivity index (χ2v) is 5.19. The number of pyridine rings is 1. The van der Waals surface area contributed by atoms with Gasteiger partial charge in [-0.05, 0) is 40.6 Å². The van der Waals surface area contributed by atoms with Gasteiger partial charge in [-0.3, -0.25) is 9.36 Å². The maximum Gasteiger partial charge on any atom is 0.240 e. The number of hydrogen-bond acceptors (Lipinski definition) is 3. The average Bonchev–Trinajstić information content (AvgIpc) is 2.62. The van der Waals surface area contributed by atoms with Gasteiger partial charge in [0.1, 0.15) is 6.54 Å².